The topological polar surface area (TPSA) is 40.5 Å². The average molecular weight is 213 g/mol. The summed E-state index contributed by atoms with van der Waals surface area (Å²) in [6.45, 7) is 8.97. The van der Waals surface area contributed by atoms with E-state index in [0.29, 0.717) is 5.78 Å². The maximum atomic E-state index is 11.2. The van der Waals surface area contributed by atoms with Crippen molar-refractivity contribution in [2.45, 2.75) is 33.6 Å². The number of Topliss-reactive ketones (excluding diaryl/α,β-unsaturated/α-hetero) is 1. The normalized spacial score (nSPS) is 20.5. The van der Waals surface area contributed by atoms with Gasteiger partial charge in [-0.05, 0) is 32.9 Å². The number of aliphatic hydroxyl groups excluding tert-OH is 1. The van der Waals surface area contributed by atoms with Crippen LogP contribution < -0.4 is 0 Å². The first kappa shape index (κ1) is 12.7. The third kappa shape index (κ3) is 3.92. The number of hydrogen-bond acceptors (Lipinski definition) is 3. The summed E-state index contributed by atoms with van der Waals surface area (Å²) in [4.78, 5) is 13.5. The lowest BCUT2D eigenvalue weighted by Gasteiger charge is -2.36. The first-order valence-corrected chi connectivity index (χ1v) is 5.78. The highest BCUT2D eigenvalue weighted by Crippen LogP contribution is 2.22. The molecular formula is C12H23NO2. The predicted octanol–water partition coefficient (Wildman–Crippen LogP) is 1.31. The van der Waals surface area contributed by atoms with E-state index in [-0.39, 0.29) is 17.9 Å². The van der Waals surface area contributed by atoms with Crippen LogP contribution >= 0.6 is 0 Å². The molecule has 0 saturated carbocycles. The van der Waals surface area contributed by atoms with Gasteiger partial charge in [0.2, 0.25) is 0 Å². The maximum absolute atomic E-state index is 11.2. The average Bonchev–Trinajstić information content (AvgIpc) is 2.18. The van der Waals surface area contributed by atoms with Gasteiger partial charge in [-0.3, -0.25) is 4.79 Å². The number of aliphatic hydroxyl groups is 1. The molecule has 0 spiro atoms. The van der Waals surface area contributed by atoms with Crippen LogP contribution in [0.2, 0.25) is 0 Å². The van der Waals surface area contributed by atoms with Gasteiger partial charge in [0.05, 0.1) is 0 Å². The Morgan fingerprint density at radius 3 is 2.33 bits per heavy atom. The molecule has 3 heteroatoms. The van der Waals surface area contributed by atoms with Crippen LogP contribution in [0.25, 0.3) is 0 Å². The fourth-order valence-corrected chi connectivity index (χ4v) is 2.15. The molecule has 1 N–H and O–H groups in total. The number of ketones is 1. The van der Waals surface area contributed by atoms with E-state index in [4.69, 9.17) is 0 Å². The van der Waals surface area contributed by atoms with Crippen LogP contribution in [0.15, 0.2) is 0 Å². The summed E-state index contributed by atoms with van der Waals surface area (Å²) < 4.78 is 0. The molecule has 0 unspecified atom stereocenters. The number of rotatable bonds is 4. The van der Waals surface area contributed by atoms with Crippen molar-refractivity contribution in [3.05, 3.63) is 0 Å². The molecule has 1 aliphatic rings. The lowest BCUT2D eigenvalue weighted by atomic mass is 9.89. The van der Waals surface area contributed by atoms with Crippen molar-refractivity contribution in [3.63, 3.8) is 0 Å². The van der Waals surface area contributed by atoms with Crippen molar-refractivity contribution in [2.75, 3.05) is 26.2 Å². The molecule has 0 bridgehead atoms. The fraction of sp³-hybridized carbons (Fsp3) is 0.917. The van der Waals surface area contributed by atoms with Crippen LogP contribution in [-0.2, 0) is 4.79 Å². The highest BCUT2D eigenvalue weighted by molar-refractivity contribution is 5.78. The molecule has 1 fully saturated rings. The lowest BCUT2D eigenvalue weighted by molar-refractivity contribution is -0.122. The summed E-state index contributed by atoms with van der Waals surface area (Å²) >= 11 is 0. The number of carbonyl (C=O) groups excluding carboxylic acids is 1. The second-order valence-electron chi connectivity index (χ2n) is 5.48. The van der Waals surface area contributed by atoms with Crippen molar-refractivity contribution in [2.24, 2.45) is 11.3 Å². The van der Waals surface area contributed by atoms with Gasteiger partial charge in [-0.15, -0.1) is 0 Å². The smallest absolute Gasteiger partial charge is 0.133 e. The summed E-state index contributed by atoms with van der Waals surface area (Å²) in [6.07, 6.45) is 1.97. The number of hydrogen-bond donors (Lipinski definition) is 1. The van der Waals surface area contributed by atoms with E-state index in [9.17, 15) is 9.90 Å². The summed E-state index contributed by atoms with van der Waals surface area (Å²) in [5, 5.41) is 9.18. The van der Waals surface area contributed by atoms with Gasteiger partial charge in [0.1, 0.15) is 5.78 Å². The SMILES string of the molecule is CC(=O)C1CCN(CC(C)(C)CO)CC1. The summed E-state index contributed by atoms with van der Waals surface area (Å²) in [5.41, 5.74) is -0.0247. The van der Waals surface area contributed by atoms with Crippen molar-refractivity contribution in [1.29, 1.82) is 0 Å². The maximum Gasteiger partial charge on any atom is 0.133 e. The van der Waals surface area contributed by atoms with Crippen molar-refractivity contribution in [1.82, 2.24) is 4.90 Å². The van der Waals surface area contributed by atoms with Gasteiger partial charge in [-0.2, -0.15) is 0 Å². The Morgan fingerprint density at radius 2 is 1.93 bits per heavy atom. The molecule has 0 aliphatic carbocycles. The minimum atomic E-state index is -0.0247. The zero-order valence-corrected chi connectivity index (χ0v) is 10.1. The molecule has 1 rings (SSSR count). The molecule has 88 valence electrons. The molecule has 1 aliphatic heterocycles. The Kier molecular flexibility index (Phi) is 4.29. The quantitative estimate of drug-likeness (QED) is 0.765. The second-order valence-corrected chi connectivity index (χ2v) is 5.48. The first-order valence-electron chi connectivity index (χ1n) is 5.78. The third-order valence-corrected chi connectivity index (χ3v) is 3.24. The van der Waals surface area contributed by atoms with Crippen LogP contribution in [0.3, 0.4) is 0 Å². The molecule has 1 heterocycles. The van der Waals surface area contributed by atoms with Crippen LogP contribution in [-0.4, -0.2) is 42.0 Å². The predicted molar refractivity (Wildman–Crippen MR) is 60.7 cm³/mol. The van der Waals surface area contributed by atoms with E-state index in [0.717, 1.165) is 32.5 Å². The summed E-state index contributed by atoms with van der Waals surface area (Å²) in [6, 6.07) is 0. The summed E-state index contributed by atoms with van der Waals surface area (Å²) in [7, 11) is 0. The molecule has 0 radical (unpaired) electrons. The Balaban J connectivity index is 2.35. The monoisotopic (exact) mass is 213 g/mol. The third-order valence-electron chi connectivity index (χ3n) is 3.24. The van der Waals surface area contributed by atoms with Gasteiger partial charge < -0.3 is 10.0 Å². The van der Waals surface area contributed by atoms with Gasteiger partial charge in [-0.25, -0.2) is 0 Å². The molecule has 3 nitrogen and oxygen atoms in total. The Morgan fingerprint density at radius 1 is 1.40 bits per heavy atom. The zero-order chi connectivity index (χ0) is 11.5. The number of carbonyl (C=O) groups is 1. The largest absolute Gasteiger partial charge is 0.396 e. The molecular weight excluding hydrogens is 190 g/mol. The van der Waals surface area contributed by atoms with Crippen molar-refractivity contribution >= 4 is 5.78 Å². The van der Waals surface area contributed by atoms with Gasteiger partial charge in [-0.1, -0.05) is 13.8 Å². The molecule has 0 aromatic rings. The first-order chi connectivity index (χ1) is 6.94. The van der Waals surface area contributed by atoms with E-state index in [2.05, 4.69) is 18.7 Å². The van der Waals surface area contributed by atoms with E-state index in [1.165, 1.54) is 0 Å². The Labute approximate surface area is 92.5 Å². The van der Waals surface area contributed by atoms with E-state index < -0.39 is 0 Å². The van der Waals surface area contributed by atoms with Gasteiger partial charge in [0.15, 0.2) is 0 Å². The van der Waals surface area contributed by atoms with Crippen LogP contribution in [0, 0.1) is 11.3 Å². The molecule has 0 aromatic heterocycles. The highest BCUT2D eigenvalue weighted by Gasteiger charge is 2.26. The van der Waals surface area contributed by atoms with Crippen molar-refractivity contribution < 1.29 is 9.90 Å². The minimum Gasteiger partial charge on any atom is -0.396 e. The molecule has 0 amide bonds. The Hall–Kier alpha value is -0.410. The van der Waals surface area contributed by atoms with E-state index in [1.54, 1.807) is 6.92 Å². The van der Waals surface area contributed by atoms with Gasteiger partial charge in [0.25, 0.3) is 0 Å². The van der Waals surface area contributed by atoms with E-state index >= 15 is 0 Å². The van der Waals surface area contributed by atoms with Crippen LogP contribution in [0.5, 0.6) is 0 Å². The lowest BCUT2D eigenvalue weighted by Crippen LogP contribution is -2.42. The second kappa shape index (κ2) is 5.08. The Bertz CT molecular complexity index is 218. The number of likely N-dealkylation sites (tertiary alicyclic amines) is 1. The van der Waals surface area contributed by atoms with Gasteiger partial charge >= 0.3 is 0 Å². The van der Waals surface area contributed by atoms with Crippen LogP contribution in [0.1, 0.15) is 33.6 Å². The highest BCUT2D eigenvalue weighted by atomic mass is 16.3. The fourth-order valence-electron chi connectivity index (χ4n) is 2.15. The molecule has 0 atom stereocenters. The number of piperidine rings is 1. The number of nitrogens with zero attached hydrogens (tertiary/aromatic N) is 1. The van der Waals surface area contributed by atoms with Crippen LogP contribution in [0.4, 0.5) is 0 Å². The minimum absolute atomic E-state index is 0.0247. The van der Waals surface area contributed by atoms with E-state index in [1.807, 2.05) is 0 Å². The van der Waals surface area contributed by atoms with Crippen molar-refractivity contribution in [3.8, 4) is 0 Å². The molecule has 15 heavy (non-hydrogen) atoms. The van der Waals surface area contributed by atoms with Gasteiger partial charge in [0, 0.05) is 24.5 Å². The molecule has 0 aromatic carbocycles. The zero-order valence-electron chi connectivity index (χ0n) is 10.1. The molecule has 1 saturated heterocycles. The standard InChI is InChI=1S/C12H23NO2/c1-10(15)11-4-6-13(7-5-11)8-12(2,3)9-14/h11,14H,4-9H2,1-3H3. The summed E-state index contributed by atoms with van der Waals surface area (Å²) in [5.74, 6) is 0.606.